The Kier molecular flexibility index (Phi) is 6.20. The van der Waals surface area contributed by atoms with Gasteiger partial charge in [-0.2, -0.15) is 0 Å². The molecule has 0 spiro atoms. The Labute approximate surface area is 210 Å². The quantitative estimate of drug-likeness (QED) is 0.491. The molecule has 8 heteroatoms. The molecule has 1 aromatic heterocycles. The lowest BCUT2D eigenvalue weighted by molar-refractivity contribution is -0.156. The van der Waals surface area contributed by atoms with Crippen LogP contribution in [0.25, 0.3) is 10.9 Å². The van der Waals surface area contributed by atoms with Gasteiger partial charge >= 0.3 is 0 Å². The number of carbonyl (C=O) groups is 3. The largest absolute Gasteiger partial charge is 0.497 e. The Balaban J connectivity index is 1.49. The number of para-hydroxylation sites is 1. The summed E-state index contributed by atoms with van der Waals surface area (Å²) in [4.78, 5) is 45.6. The highest BCUT2D eigenvalue weighted by atomic mass is 16.5. The lowest BCUT2D eigenvalue weighted by Crippen LogP contribution is -2.68. The van der Waals surface area contributed by atoms with Gasteiger partial charge in [0.1, 0.15) is 17.8 Å². The third kappa shape index (κ3) is 4.10. The van der Waals surface area contributed by atoms with Crippen molar-refractivity contribution in [1.82, 2.24) is 15.2 Å². The van der Waals surface area contributed by atoms with Gasteiger partial charge in [0, 0.05) is 34.8 Å². The Hall–Kier alpha value is -3.81. The monoisotopic (exact) mass is 488 g/mol. The smallest absolute Gasteiger partial charge is 0.247 e. The van der Waals surface area contributed by atoms with Gasteiger partial charge in [0.2, 0.25) is 17.7 Å². The number of H-pyrrole nitrogens is 1. The molecule has 8 nitrogen and oxygen atoms in total. The summed E-state index contributed by atoms with van der Waals surface area (Å²) in [5.41, 5.74) is 3.60. The average Bonchev–Trinajstić information content (AvgIpc) is 3.23. The predicted octanol–water partition coefficient (Wildman–Crippen LogP) is 3.79. The van der Waals surface area contributed by atoms with Crippen LogP contribution in [0.4, 0.5) is 5.69 Å². The first-order chi connectivity index (χ1) is 17.3. The first-order valence-electron chi connectivity index (χ1n) is 12.5. The van der Waals surface area contributed by atoms with Crippen LogP contribution in [-0.4, -0.2) is 46.8 Å². The SMILES string of the molecule is COc1ccc2c3c([nH]c2c1)C(CC(C)C)N1C(=O)C(C(C)C(=O)Nc2ccccc2)NC(=O)C1C3. The summed E-state index contributed by atoms with van der Waals surface area (Å²) in [5, 5.41) is 6.77. The highest BCUT2D eigenvalue weighted by molar-refractivity contribution is 6.03. The fourth-order valence-electron chi connectivity index (χ4n) is 5.48. The summed E-state index contributed by atoms with van der Waals surface area (Å²) >= 11 is 0. The van der Waals surface area contributed by atoms with E-state index in [9.17, 15) is 14.4 Å². The van der Waals surface area contributed by atoms with Gasteiger partial charge in [0.25, 0.3) is 0 Å². The number of aromatic nitrogens is 1. The Morgan fingerprint density at radius 3 is 2.58 bits per heavy atom. The van der Waals surface area contributed by atoms with Crippen LogP contribution in [0.3, 0.4) is 0 Å². The molecule has 0 saturated carbocycles. The number of fused-ring (bicyclic) bond motifs is 4. The third-order valence-corrected chi connectivity index (χ3v) is 7.32. The van der Waals surface area contributed by atoms with Crippen LogP contribution in [0.5, 0.6) is 5.75 Å². The van der Waals surface area contributed by atoms with Crippen molar-refractivity contribution in [3.8, 4) is 5.75 Å². The van der Waals surface area contributed by atoms with Crippen molar-refractivity contribution in [2.75, 3.05) is 12.4 Å². The normalized spacial score (nSPS) is 22.1. The fraction of sp³-hybridized carbons (Fsp3) is 0.393. The van der Waals surface area contributed by atoms with E-state index in [0.717, 1.165) is 27.9 Å². The van der Waals surface area contributed by atoms with Crippen molar-refractivity contribution in [3.05, 3.63) is 59.8 Å². The lowest BCUT2D eigenvalue weighted by atomic mass is 9.83. The molecule has 2 aromatic carbocycles. The number of nitrogens with one attached hydrogen (secondary N) is 3. The third-order valence-electron chi connectivity index (χ3n) is 7.32. The molecule has 0 bridgehead atoms. The molecule has 4 unspecified atom stereocenters. The summed E-state index contributed by atoms with van der Waals surface area (Å²) in [6.45, 7) is 5.90. The second-order valence-corrected chi connectivity index (χ2v) is 10.2. The summed E-state index contributed by atoms with van der Waals surface area (Å²) in [5.74, 6) is -0.460. The molecule has 0 aliphatic carbocycles. The van der Waals surface area contributed by atoms with E-state index in [1.807, 2.05) is 36.4 Å². The topological polar surface area (TPSA) is 104 Å². The van der Waals surface area contributed by atoms with E-state index < -0.39 is 18.0 Å². The van der Waals surface area contributed by atoms with Crippen molar-refractivity contribution in [2.24, 2.45) is 11.8 Å². The maximum Gasteiger partial charge on any atom is 0.247 e. The molecular formula is C28H32N4O4. The maximum atomic E-state index is 13.9. The number of methoxy groups -OCH3 is 1. The number of benzene rings is 2. The van der Waals surface area contributed by atoms with Crippen LogP contribution in [0.2, 0.25) is 0 Å². The molecule has 36 heavy (non-hydrogen) atoms. The van der Waals surface area contributed by atoms with E-state index in [1.165, 1.54) is 0 Å². The average molecular weight is 489 g/mol. The Morgan fingerprint density at radius 1 is 1.14 bits per heavy atom. The van der Waals surface area contributed by atoms with E-state index >= 15 is 0 Å². The standard InChI is InChI=1S/C28H32N4O4/c1-15(2)12-22-25-20(19-11-10-18(36-4)13-21(19)30-25)14-23-27(34)31-24(28(35)32(22)23)16(3)26(33)29-17-8-6-5-7-9-17/h5-11,13,15-16,22-24,30H,12,14H2,1-4H3,(H,29,33)(H,31,34). The number of hydrogen-bond donors (Lipinski definition) is 3. The molecule has 1 fully saturated rings. The summed E-state index contributed by atoms with van der Waals surface area (Å²) in [7, 11) is 1.63. The summed E-state index contributed by atoms with van der Waals surface area (Å²) in [6, 6.07) is 13.1. The first-order valence-corrected chi connectivity index (χ1v) is 12.5. The molecule has 4 atom stereocenters. The lowest BCUT2D eigenvalue weighted by Gasteiger charge is -2.47. The molecule has 0 radical (unpaired) electrons. The van der Waals surface area contributed by atoms with Gasteiger partial charge in [-0.05, 0) is 42.2 Å². The van der Waals surface area contributed by atoms with E-state index in [4.69, 9.17) is 4.74 Å². The molecule has 2 aliphatic rings. The second kappa shape index (κ2) is 9.33. The number of amides is 3. The Bertz CT molecular complexity index is 1320. The van der Waals surface area contributed by atoms with Crippen LogP contribution in [0.1, 0.15) is 44.5 Å². The molecule has 1 saturated heterocycles. The second-order valence-electron chi connectivity index (χ2n) is 10.2. The van der Waals surface area contributed by atoms with Crippen LogP contribution >= 0.6 is 0 Å². The molecule has 5 rings (SSSR count). The first kappa shape index (κ1) is 23.9. The van der Waals surface area contributed by atoms with Gasteiger partial charge in [-0.15, -0.1) is 0 Å². The van der Waals surface area contributed by atoms with Crippen molar-refractivity contribution in [1.29, 1.82) is 0 Å². The highest BCUT2D eigenvalue weighted by Gasteiger charge is 2.50. The minimum absolute atomic E-state index is 0.220. The van der Waals surface area contributed by atoms with Crippen molar-refractivity contribution in [2.45, 2.75) is 51.7 Å². The minimum atomic E-state index is -0.932. The van der Waals surface area contributed by atoms with Gasteiger partial charge in [-0.3, -0.25) is 14.4 Å². The van der Waals surface area contributed by atoms with Crippen LogP contribution in [0, 0.1) is 11.8 Å². The number of hydrogen-bond acceptors (Lipinski definition) is 4. The molecule has 3 aromatic rings. The van der Waals surface area contributed by atoms with Gasteiger partial charge in [-0.1, -0.05) is 39.0 Å². The van der Waals surface area contributed by atoms with Gasteiger partial charge in [0.15, 0.2) is 0 Å². The molecule has 2 aliphatic heterocycles. The van der Waals surface area contributed by atoms with E-state index in [0.29, 0.717) is 18.5 Å². The van der Waals surface area contributed by atoms with E-state index in [1.54, 1.807) is 31.1 Å². The zero-order valence-corrected chi connectivity index (χ0v) is 21.0. The molecule has 3 N–H and O–H groups in total. The number of carbonyl (C=O) groups excluding carboxylic acids is 3. The molecule has 3 heterocycles. The van der Waals surface area contributed by atoms with Gasteiger partial charge in [-0.25, -0.2) is 0 Å². The summed E-state index contributed by atoms with van der Waals surface area (Å²) < 4.78 is 5.39. The van der Waals surface area contributed by atoms with E-state index in [2.05, 4.69) is 29.5 Å². The maximum absolute atomic E-state index is 13.9. The number of rotatable bonds is 6. The minimum Gasteiger partial charge on any atom is -0.497 e. The predicted molar refractivity (Wildman–Crippen MR) is 138 cm³/mol. The zero-order chi connectivity index (χ0) is 25.6. The van der Waals surface area contributed by atoms with Crippen molar-refractivity contribution in [3.63, 3.8) is 0 Å². The number of nitrogens with zero attached hydrogens (tertiary/aromatic N) is 1. The molecular weight excluding hydrogens is 456 g/mol. The van der Waals surface area contributed by atoms with Crippen LogP contribution in [-0.2, 0) is 20.8 Å². The summed E-state index contributed by atoms with van der Waals surface area (Å²) in [6.07, 6.45) is 1.12. The van der Waals surface area contributed by atoms with Crippen LogP contribution in [0.15, 0.2) is 48.5 Å². The zero-order valence-electron chi connectivity index (χ0n) is 21.0. The molecule has 188 valence electrons. The number of anilines is 1. The number of piperazine rings is 1. The Morgan fingerprint density at radius 2 is 1.89 bits per heavy atom. The highest BCUT2D eigenvalue weighted by Crippen LogP contribution is 2.42. The van der Waals surface area contributed by atoms with Crippen molar-refractivity contribution < 1.29 is 19.1 Å². The fourth-order valence-corrected chi connectivity index (χ4v) is 5.48. The van der Waals surface area contributed by atoms with Gasteiger partial charge < -0.3 is 25.3 Å². The number of ether oxygens (including phenoxy) is 1. The number of aromatic amines is 1. The molecule has 3 amide bonds. The van der Waals surface area contributed by atoms with E-state index in [-0.39, 0.29) is 29.7 Å². The van der Waals surface area contributed by atoms with Crippen LogP contribution < -0.4 is 15.4 Å². The van der Waals surface area contributed by atoms with Gasteiger partial charge in [0.05, 0.1) is 19.1 Å². The van der Waals surface area contributed by atoms with Crippen molar-refractivity contribution >= 4 is 34.3 Å².